The zero-order chi connectivity index (χ0) is 13.0. The first-order chi connectivity index (χ1) is 8.68. The Morgan fingerprint density at radius 2 is 1.78 bits per heavy atom. The molecule has 2 nitrogen and oxygen atoms in total. The van der Waals surface area contributed by atoms with Gasteiger partial charge in [-0.05, 0) is 30.4 Å². The first-order valence-corrected chi connectivity index (χ1v) is 7.16. The number of hydrogen-bond donors (Lipinski definition) is 2. The van der Waals surface area contributed by atoms with Crippen LogP contribution < -0.4 is 0 Å². The van der Waals surface area contributed by atoms with E-state index in [0.29, 0.717) is 11.4 Å². The lowest BCUT2D eigenvalue weighted by atomic mass is 9.82. The predicted molar refractivity (Wildman–Crippen MR) is 73.7 cm³/mol. The van der Waals surface area contributed by atoms with E-state index < -0.39 is 12.2 Å². The molecule has 0 aromatic heterocycles. The van der Waals surface area contributed by atoms with Crippen LogP contribution in [0.1, 0.15) is 37.7 Å². The third kappa shape index (κ3) is 3.47. The lowest BCUT2D eigenvalue weighted by Gasteiger charge is -2.29. The van der Waals surface area contributed by atoms with Gasteiger partial charge >= 0.3 is 0 Å². The average Bonchev–Trinajstić information content (AvgIpc) is 2.41. The minimum absolute atomic E-state index is 0.247. The normalized spacial score (nSPS) is 20.6. The fourth-order valence-electron chi connectivity index (χ4n) is 2.80. The number of rotatable bonds is 4. The van der Waals surface area contributed by atoms with Crippen LogP contribution in [0.2, 0.25) is 5.02 Å². The van der Waals surface area contributed by atoms with Crippen molar-refractivity contribution in [3.63, 3.8) is 0 Å². The van der Waals surface area contributed by atoms with E-state index in [0.717, 1.165) is 18.4 Å². The Hall–Kier alpha value is -0.570. The molecule has 2 rings (SSSR count). The van der Waals surface area contributed by atoms with Crippen LogP contribution in [0.3, 0.4) is 0 Å². The van der Waals surface area contributed by atoms with Crippen molar-refractivity contribution in [1.82, 2.24) is 0 Å². The largest absolute Gasteiger partial charge is 0.390 e. The van der Waals surface area contributed by atoms with Gasteiger partial charge in [-0.15, -0.1) is 0 Å². The van der Waals surface area contributed by atoms with Gasteiger partial charge < -0.3 is 10.2 Å². The van der Waals surface area contributed by atoms with Crippen molar-refractivity contribution < 1.29 is 10.2 Å². The maximum absolute atomic E-state index is 10.2. The maximum atomic E-state index is 10.2. The summed E-state index contributed by atoms with van der Waals surface area (Å²) in [6, 6.07) is 7.49. The fourth-order valence-corrected chi connectivity index (χ4v) is 3.01. The minimum atomic E-state index is -0.715. The van der Waals surface area contributed by atoms with Gasteiger partial charge in [0, 0.05) is 11.4 Å². The van der Waals surface area contributed by atoms with E-state index in [9.17, 15) is 10.2 Å². The van der Waals surface area contributed by atoms with Crippen LogP contribution in [0.25, 0.3) is 0 Å². The summed E-state index contributed by atoms with van der Waals surface area (Å²) in [5.41, 5.74) is 0.904. The molecule has 0 heterocycles. The summed E-state index contributed by atoms with van der Waals surface area (Å²) in [6.45, 7) is 0. The lowest BCUT2D eigenvalue weighted by Crippen LogP contribution is -2.36. The fraction of sp³-hybridized carbons (Fsp3) is 0.600. The van der Waals surface area contributed by atoms with E-state index in [-0.39, 0.29) is 5.92 Å². The quantitative estimate of drug-likeness (QED) is 0.881. The zero-order valence-corrected chi connectivity index (χ0v) is 11.3. The van der Waals surface area contributed by atoms with Gasteiger partial charge in [0.1, 0.15) is 0 Å². The monoisotopic (exact) mass is 268 g/mol. The van der Waals surface area contributed by atoms with Crippen LogP contribution in [0, 0.1) is 5.92 Å². The molecule has 1 aromatic rings. The van der Waals surface area contributed by atoms with Crippen LogP contribution in [-0.4, -0.2) is 22.4 Å². The molecule has 0 radical (unpaired) electrons. The highest BCUT2D eigenvalue weighted by Gasteiger charge is 2.27. The van der Waals surface area contributed by atoms with Crippen molar-refractivity contribution in [2.45, 2.75) is 50.7 Å². The molecule has 0 amide bonds. The molecule has 0 spiro atoms. The van der Waals surface area contributed by atoms with Crippen LogP contribution in [0.15, 0.2) is 24.3 Å². The van der Waals surface area contributed by atoms with Gasteiger partial charge in [-0.1, -0.05) is 49.1 Å². The van der Waals surface area contributed by atoms with Gasteiger partial charge in [0.2, 0.25) is 0 Å². The molecule has 1 aromatic carbocycles. The van der Waals surface area contributed by atoms with Gasteiger partial charge in [0.05, 0.1) is 12.2 Å². The summed E-state index contributed by atoms with van der Waals surface area (Å²) in [4.78, 5) is 0. The zero-order valence-electron chi connectivity index (χ0n) is 10.6. The summed E-state index contributed by atoms with van der Waals surface area (Å²) in [5, 5.41) is 21.0. The summed E-state index contributed by atoms with van der Waals surface area (Å²) in [5.74, 6) is 0.247. The highest BCUT2D eigenvalue weighted by atomic mass is 35.5. The minimum Gasteiger partial charge on any atom is -0.390 e. The number of halogens is 1. The lowest BCUT2D eigenvalue weighted by molar-refractivity contribution is -0.0263. The Labute approximate surface area is 114 Å². The number of aliphatic hydroxyl groups is 2. The molecule has 2 atom stereocenters. The van der Waals surface area contributed by atoms with Crippen LogP contribution >= 0.6 is 11.6 Å². The molecule has 0 bridgehead atoms. The van der Waals surface area contributed by atoms with Crippen molar-refractivity contribution in [1.29, 1.82) is 0 Å². The SMILES string of the molecule is OC(Cc1ccccc1Cl)C(O)C1CCCCC1. The Kier molecular flexibility index (Phi) is 5.04. The van der Waals surface area contributed by atoms with Gasteiger partial charge in [-0.25, -0.2) is 0 Å². The smallest absolute Gasteiger partial charge is 0.0842 e. The molecule has 2 N–H and O–H groups in total. The van der Waals surface area contributed by atoms with E-state index in [1.165, 1.54) is 19.3 Å². The standard InChI is InChI=1S/C15H21ClO2/c16-13-9-5-4-8-12(13)10-14(17)15(18)11-6-2-1-3-7-11/h4-5,8-9,11,14-15,17-18H,1-3,6-7,10H2. The predicted octanol–water partition coefficient (Wildman–Crippen LogP) is 3.18. The van der Waals surface area contributed by atoms with Crippen molar-refractivity contribution >= 4 is 11.6 Å². The van der Waals surface area contributed by atoms with E-state index in [1.54, 1.807) is 0 Å². The van der Waals surface area contributed by atoms with Crippen molar-refractivity contribution in [2.24, 2.45) is 5.92 Å². The molecule has 1 aliphatic rings. The van der Waals surface area contributed by atoms with Gasteiger partial charge in [0.15, 0.2) is 0 Å². The molecule has 0 saturated heterocycles. The number of aliphatic hydroxyl groups excluding tert-OH is 2. The Balaban J connectivity index is 1.94. The summed E-state index contributed by atoms with van der Waals surface area (Å²) < 4.78 is 0. The average molecular weight is 269 g/mol. The highest BCUT2D eigenvalue weighted by molar-refractivity contribution is 6.31. The maximum Gasteiger partial charge on any atom is 0.0842 e. The van der Waals surface area contributed by atoms with Crippen LogP contribution in [0.4, 0.5) is 0 Å². The number of benzene rings is 1. The Morgan fingerprint density at radius 3 is 2.44 bits per heavy atom. The summed E-state index contributed by atoms with van der Waals surface area (Å²) in [7, 11) is 0. The van der Waals surface area contributed by atoms with E-state index in [2.05, 4.69) is 0 Å². The van der Waals surface area contributed by atoms with E-state index in [4.69, 9.17) is 11.6 Å². The molecule has 2 unspecified atom stereocenters. The molecule has 100 valence electrons. The van der Waals surface area contributed by atoms with Crippen LogP contribution in [0.5, 0.6) is 0 Å². The van der Waals surface area contributed by atoms with Gasteiger partial charge in [0.25, 0.3) is 0 Å². The molecule has 1 aliphatic carbocycles. The molecule has 3 heteroatoms. The summed E-state index contributed by atoms with van der Waals surface area (Å²) >= 11 is 6.07. The van der Waals surface area contributed by atoms with Gasteiger partial charge in [-0.2, -0.15) is 0 Å². The molecule has 1 fully saturated rings. The van der Waals surface area contributed by atoms with Crippen molar-refractivity contribution in [3.8, 4) is 0 Å². The Bertz CT molecular complexity index is 375. The first-order valence-electron chi connectivity index (χ1n) is 6.78. The number of hydrogen-bond acceptors (Lipinski definition) is 2. The topological polar surface area (TPSA) is 40.5 Å². The second-order valence-corrected chi connectivity index (χ2v) is 5.66. The van der Waals surface area contributed by atoms with E-state index in [1.807, 2.05) is 24.3 Å². The second kappa shape index (κ2) is 6.55. The van der Waals surface area contributed by atoms with E-state index >= 15 is 0 Å². The second-order valence-electron chi connectivity index (χ2n) is 5.25. The third-order valence-electron chi connectivity index (χ3n) is 3.91. The molecule has 18 heavy (non-hydrogen) atoms. The van der Waals surface area contributed by atoms with Gasteiger partial charge in [-0.3, -0.25) is 0 Å². The molecular formula is C15H21ClO2. The highest BCUT2D eigenvalue weighted by Crippen LogP contribution is 2.29. The van der Waals surface area contributed by atoms with Crippen molar-refractivity contribution in [3.05, 3.63) is 34.9 Å². The third-order valence-corrected chi connectivity index (χ3v) is 4.28. The molecule has 1 saturated carbocycles. The van der Waals surface area contributed by atoms with Crippen molar-refractivity contribution in [2.75, 3.05) is 0 Å². The molecule has 0 aliphatic heterocycles. The molecular weight excluding hydrogens is 248 g/mol. The van der Waals surface area contributed by atoms with Crippen LogP contribution in [-0.2, 0) is 6.42 Å². The summed E-state index contributed by atoms with van der Waals surface area (Å²) in [6.07, 6.45) is 4.73. The Morgan fingerprint density at radius 1 is 1.11 bits per heavy atom. The first kappa shape index (κ1) is 13.9.